The van der Waals surface area contributed by atoms with Gasteiger partial charge in [-0.05, 0) is 5.92 Å². The Morgan fingerprint density at radius 1 is 1.41 bits per heavy atom. The average molecular weight is 229 g/mol. The van der Waals surface area contributed by atoms with Crippen LogP contribution in [0.25, 0.3) is 11.2 Å². The van der Waals surface area contributed by atoms with E-state index in [0.29, 0.717) is 0 Å². The van der Waals surface area contributed by atoms with Gasteiger partial charge in [-0.15, -0.1) is 0 Å². The van der Waals surface area contributed by atoms with Crippen LogP contribution >= 0.6 is 0 Å². The van der Waals surface area contributed by atoms with Crippen LogP contribution in [0.15, 0.2) is 9.59 Å². The van der Waals surface area contributed by atoms with Crippen molar-refractivity contribution < 1.29 is 0 Å². The van der Waals surface area contributed by atoms with Crippen LogP contribution in [-0.2, 0) is 7.05 Å². The van der Waals surface area contributed by atoms with Crippen molar-refractivity contribution in [2.24, 2.45) is 7.05 Å². The Morgan fingerprint density at radius 3 is 2.88 bits per heavy atom. The average Bonchev–Trinajstić information content (AvgIpc) is 2.71. The Bertz CT molecular complexity index is 790. The van der Waals surface area contributed by atoms with E-state index in [9.17, 15) is 9.59 Å². The van der Waals surface area contributed by atoms with E-state index in [0.717, 1.165) is 0 Å². The third kappa shape index (κ3) is 1.82. The van der Waals surface area contributed by atoms with E-state index in [1.807, 2.05) is 6.07 Å². The molecule has 0 aliphatic carbocycles. The third-order valence-corrected chi connectivity index (χ3v) is 2.13. The van der Waals surface area contributed by atoms with Gasteiger partial charge >= 0.3 is 5.69 Å². The van der Waals surface area contributed by atoms with E-state index in [-0.39, 0.29) is 23.4 Å². The molecule has 0 aromatic carbocycles. The molecular weight excluding hydrogens is 222 g/mol. The number of nitrogens with one attached hydrogen (secondary N) is 2. The molecule has 84 valence electrons. The zero-order valence-electron chi connectivity index (χ0n) is 8.87. The second-order valence-corrected chi connectivity index (χ2v) is 3.24. The zero-order valence-corrected chi connectivity index (χ0v) is 8.87. The quantitative estimate of drug-likeness (QED) is 0.577. The molecule has 0 unspecified atom stereocenters. The SMILES string of the molecule is Cn1c(=O)[nH]c(=O)c2[nH]c(C#CCC#N)nc21. The largest absolute Gasteiger partial charge is 0.329 e. The highest BCUT2D eigenvalue weighted by Gasteiger charge is 2.08. The first-order chi connectivity index (χ1) is 8.13. The lowest BCUT2D eigenvalue weighted by Gasteiger charge is -1.94. The Morgan fingerprint density at radius 2 is 2.18 bits per heavy atom. The fraction of sp³-hybridized carbons (Fsp3) is 0.200. The molecule has 2 rings (SSSR count). The second kappa shape index (κ2) is 3.99. The van der Waals surface area contributed by atoms with Crippen LogP contribution in [-0.4, -0.2) is 19.5 Å². The van der Waals surface area contributed by atoms with Crippen LogP contribution in [0.3, 0.4) is 0 Å². The van der Waals surface area contributed by atoms with Crippen LogP contribution in [0.2, 0.25) is 0 Å². The lowest BCUT2D eigenvalue weighted by atomic mass is 10.4. The molecule has 0 bridgehead atoms. The number of hydrogen-bond acceptors (Lipinski definition) is 4. The molecule has 0 spiro atoms. The molecular formula is C10H7N5O2. The van der Waals surface area contributed by atoms with E-state index in [2.05, 4.69) is 26.8 Å². The fourth-order valence-electron chi connectivity index (χ4n) is 1.33. The van der Waals surface area contributed by atoms with Gasteiger partial charge in [0, 0.05) is 7.05 Å². The van der Waals surface area contributed by atoms with Gasteiger partial charge in [0.25, 0.3) is 5.56 Å². The van der Waals surface area contributed by atoms with Crippen LogP contribution in [0.5, 0.6) is 0 Å². The monoisotopic (exact) mass is 229 g/mol. The molecule has 2 aromatic heterocycles. The first kappa shape index (κ1) is 10.7. The Labute approximate surface area is 94.7 Å². The topological polar surface area (TPSA) is 107 Å². The number of imidazole rings is 1. The van der Waals surface area contributed by atoms with Crippen molar-refractivity contribution >= 4 is 11.2 Å². The molecule has 0 aliphatic rings. The van der Waals surface area contributed by atoms with Crippen LogP contribution in [0, 0.1) is 23.2 Å². The molecule has 0 atom stereocenters. The van der Waals surface area contributed by atoms with Crippen molar-refractivity contribution in [1.82, 2.24) is 19.5 Å². The number of nitriles is 1. The van der Waals surface area contributed by atoms with Crippen molar-refractivity contribution in [1.29, 1.82) is 5.26 Å². The lowest BCUT2D eigenvalue weighted by Crippen LogP contribution is -2.28. The maximum absolute atomic E-state index is 11.5. The number of nitrogens with zero attached hydrogens (tertiary/aromatic N) is 3. The summed E-state index contributed by atoms with van der Waals surface area (Å²) in [5.74, 6) is 5.41. The summed E-state index contributed by atoms with van der Waals surface area (Å²) in [6.07, 6.45) is 0.0757. The number of fused-ring (bicyclic) bond motifs is 1. The second-order valence-electron chi connectivity index (χ2n) is 3.24. The minimum atomic E-state index is -0.538. The number of aryl methyl sites for hydroxylation is 1. The molecule has 17 heavy (non-hydrogen) atoms. The van der Waals surface area contributed by atoms with Gasteiger partial charge in [-0.25, -0.2) is 9.78 Å². The number of aromatic amines is 2. The lowest BCUT2D eigenvalue weighted by molar-refractivity contribution is 0.832. The van der Waals surface area contributed by atoms with E-state index >= 15 is 0 Å². The molecule has 0 amide bonds. The Balaban J connectivity index is 2.68. The van der Waals surface area contributed by atoms with Gasteiger partial charge in [0.2, 0.25) is 0 Å². The molecule has 0 aliphatic heterocycles. The van der Waals surface area contributed by atoms with Crippen molar-refractivity contribution in [3.05, 3.63) is 26.7 Å². The van der Waals surface area contributed by atoms with Gasteiger partial charge in [0.05, 0.1) is 12.5 Å². The summed E-state index contributed by atoms with van der Waals surface area (Å²) in [6, 6.07) is 1.87. The van der Waals surface area contributed by atoms with Gasteiger partial charge in [-0.1, -0.05) is 5.92 Å². The summed E-state index contributed by atoms with van der Waals surface area (Å²) in [5.41, 5.74) is -0.650. The van der Waals surface area contributed by atoms with Crippen LogP contribution in [0.1, 0.15) is 12.2 Å². The Kier molecular flexibility index (Phi) is 2.51. The molecule has 2 aromatic rings. The predicted octanol–water partition coefficient (Wildman–Crippen LogP) is -0.785. The van der Waals surface area contributed by atoms with Crippen molar-refractivity contribution in [3.63, 3.8) is 0 Å². The van der Waals surface area contributed by atoms with Gasteiger partial charge in [0.1, 0.15) is 0 Å². The number of rotatable bonds is 0. The maximum Gasteiger partial charge on any atom is 0.329 e. The third-order valence-electron chi connectivity index (χ3n) is 2.13. The molecule has 2 heterocycles. The summed E-state index contributed by atoms with van der Waals surface area (Å²) in [7, 11) is 1.49. The highest BCUT2D eigenvalue weighted by atomic mass is 16.2. The summed E-state index contributed by atoms with van der Waals surface area (Å²) >= 11 is 0. The van der Waals surface area contributed by atoms with Gasteiger partial charge in [-0.3, -0.25) is 14.3 Å². The van der Waals surface area contributed by atoms with Crippen LogP contribution in [0.4, 0.5) is 0 Å². The van der Waals surface area contributed by atoms with E-state index in [4.69, 9.17) is 5.26 Å². The summed E-state index contributed by atoms with van der Waals surface area (Å²) in [6.45, 7) is 0. The molecule has 0 fully saturated rings. The van der Waals surface area contributed by atoms with Crippen LogP contribution < -0.4 is 11.2 Å². The normalized spacial score (nSPS) is 9.65. The fourth-order valence-corrected chi connectivity index (χ4v) is 1.33. The van der Waals surface area contributed by atoms with Crippen molar-refractivity contribution in [2.75, 3.05) is 0 Å². The molecule has 0 saturated heterocycles. The smallest absolute Gasteiger partial charge is 0.325 e. The summed E-state index contributed by atoms with van der Waals surface area (Å²) in [4.78, 5) is 31.6. The van der Waals surface area contributed by atoms with E-state index < -0.39 is 11.2 Å². The highest BCUT2D eigenvalue weighted by molar-refractivity contribution is 5.70. The number of H-pyrrole nitrogens is 2. The first-order valence-electron chi connectivity index (χ1n) is 4.68. The standard InChI is InChI=1S/C10H7N5O2/c1-15-8-7(9(16)14-10(15)17)12-6(13-8)4-2-3-5-11/h3H2,1H3,(H,12,13)(H,14,16,17). The number of hydrogen-bond donors (Lipinski definition) is 2. The molecule has 0 saturated carbocycles. The Hall–Kier alpha value is -2.80. The zero-order chi connectivity index (χ0) is 12.4. The number of aromatic nitrogens is 4. The maximum atomic E-state index is 11.5. The summed E-state index contributed by atoms with van der Waals surface area (Å²) < 4.78 is 1.21. The molecule has 7 nitrogen and oxygen atoms in total. The molecule has 0 radical (unpaired) electrons. The minimum Gasteiger partial charge on any atom is -0.325 e. The molecule has 7 heteroatoms. The van der Waals surface area contributed by atoms with Crippen molar-refractivity contribution in [2.45, 2.75) is 6.42 Å². The van der Waals surface area contributed by atoms with Crippen molar-refractivity contribution in [3.8, 4) is 17.9 Å². The minimum absolute atomic E-state index is 0.0757. The highest BCUT2D eigenvalue weighted by Crippen LogP contribution is 2.02. The van der Waals surface area contributed by atoms with Gasteiger partial charge in [-0.2, -0.15) is 5.26 Å². The van der Waals surface area contributed by atoms with Gasteiger partial charge in [0.15, 0.2) is 17.0 Å². The summed E-state index contributed by atoms with van der Waals surface area (Å²) in [5, 5.41) is 8.33. The van der Waals surface area contributed by atoms with Gasteiger partial charge < -0.3 is 4.98 Å². The molecule has 2 N–H and O–H groups in total. The predicted molar refractivity (Wildman–Crippen MR) is 59.1 cm³/mol. The first-order valence-corrected chi connectivity index (χ1v) is 4.68. The van der Waals surface area contributed by atoms with E-state index in [1.54, 1.807) is 0 Å². The van der Waals surface area contributed by atoms with E-state index in [1.165, 1.54) is 11.6 Å².